The minimum absolute atomic E-state index is 0.0633. The van der Waals surface area contributed by atoms with Crippen LogP contribution in [0.25, 0.3) is 0 Å². The van der Waals surface area contributed by atoms with Crippen LogP contribution in [0.15, 0.2) is 18.2 Å². The number of nitrogens with zero attached hydrogens (tertiary/aromatic N) is 4. The number of nitro groups is 1. The number of amides is 1. The van der Waals surface area contributed by atoms with E-state index < -0.39 is 29.1 Å². The lowest BCUT2D eigenvalue weighted by Gasteiger charge is -2.20. The summed E-state index contributed by atoms with van der Waals surface area (Å²) >= 11 is 5.66. The lowest BCUT2D eigenvalue weighted by atomic mass is 10.2. The maximum atomic E-state index is 12.0. The van der Waals surface area contributed by atoms with Gasteiger partial charge in [0, 0.05) is 24.2 Å². The van der Waals surface area contributed by atoms with E-state index in [9.17, 15) is 19.7 Å². The summed E-state index contributed by atoms with van der Waals surface area (Å²) in [7, 11) is 0. The lowest BCUT2D eigenvalue weighted by molar-refractivity contribution is -0.385. The van der Waals surface area contributed by atoms with Gasteiger partial charge in [-0.05, 0) is 12.1 Å². The molecule has 1 amide bonds. The lowest BCUT2D eigenvalue weighted by Crippen LogP contribution is -2.36. The molecule has 10 heteroatoms. The number of hydrogen-bond acceptors (Lipinski definition) is 7. The molecule has 0 atom stereocenters. The van der Waals surface area contributed by atoms with Crippen molar-refractivity contribution in [3.63, 3.8) is 0 Å². The summed E-state index contributed by atoms with van der Waals surface area (Å²) in [5.74, 6) is -1.65. The molecule has 0 saturated heterocycles. The molecule has 0 fully saturated rings. The van der Waals surface area contributed by atoms with Gasteiger partial charge in [0.1, 0.15) is 5.56 Å². The van der Waals surface area contributed by atoms with Crippen LogP contribution in [0.3, 0.4) is 0 Å². The van der Waals surface area contributed by atoms with Gasteiger partial charge >= 0.3 is 5.97 Å². The van der Waals surface area contributed by atoms with Crippen molar-refractivity contribution in [3.05, 3.63) is 38.9 Å². The Bertz CT molecular complexity index is 735. The van der Waals surface area contributed by atoms with Crippen molar-refractivity contribution < 1.29 is 19.2 Å². The molecule has 0 aromatic heterocycles. The van der Waals surface area contributed by atoms with Crippen LogP contribution in [0, 0.1) is 32.8 Å². The Labute approximate surface area is 148 Å². The van der Waals surface area contributed by atoms with Gasteiger partial charge in [-0.1, -0.05) is 11.6 Å². The van der Waals surface area contributed by atoms with E-state index in [1.807, 2.05) is 12.1 Å². The Balaban J connectivity index is 2.77. The van der Waals surface area contributed by atoms with Crippen LogP contribution in [0.1, 0.15) is 23.2 Å². The predicted octanol–water partition coefficient (Wildman–Crippen LogP) is 2.06. The summed E-state index contributed by atoms with van der Waals surface area (Å²) in [4.78, 5) is 35.4. The SMILES string of the molecule is N#CCCN(CCC#N)C(=O)COC(=O)c1ccc(Cl)cc1[N+](=O)[O-]. The molecule has 0 radical (unpaired) electrons. The molecule has 130 valence electrons. The molecule has 1 aromatic carbocycles. The zero-order chi connectivity index (χ0) is 18.8. The summed E-state index contributed by atoms with van der Waals surface area (Å²) < 4.78 is 4.82. The highest BCUT2D eigenvalue weighted by molar-refractivity contribution is 6.31. The summed E-state index contributed by atoms with van der Waals surface area (Å²) in [5.41, 5.74) is -0.862. The van der Waals surface area contributed by atoms with Gasteiger partial charge in [0.25, 0.3) is 11.6 Å². The average molecular weight is 365 g/mol. The number of hydrogen-bond donors (Lipinski definition) is 0. The second kappa shape index (κ2) is 9.85. The van der Waals surface area contributed by atoms with Crippen LogP contribution >= 0.6 is 11.6 Å². The quantitative estimate of drug-likeness (QED) is 0.391. The molecule has 9 nitrogen and oxygen atoms in total. The molecule has 0 unspecified atom stereocenters. The van der Waals surface area contributed by atoms with E-state index in [0.29, 0.717) is 0 Å². The van der Waals surface area contributed by atoms with E-state index in [1.54, 1.807) is 0 Å². The first-order valence-corrected chi connectivity index (χ1v) is 7.41. The van der Waals surface area contributed by atoms with Crippen LogP contribution < -0.4 is 0 Å². The van der Waals surface area contributed by atoms with Crippen molar-refractivity contribution >= 4 is 29.2 Å². The van der Waals surface area contributed by atoms with Crippen molar-refractivity contribution in [3.8, 4) is 12.1 Å². The standard InChI is InChI=1S/C15H13ClN4O5/c16-11-3-4-12(13(9-11)20(23)24)15(22)25-10-14(21)19(7-1-5-17)8-2-6-18/h3-4,9H,1-2,7-8,10H2. The first kappa shape index (κ1) is 19.9. The fraction of sp³-hybridized carbons (Fsp3) is 0.333. The van der Waals surface area contributed by atoms with Crippen LogP contribution in [-0.2, 0) is 9.53 Å². The molecule has 0 bridgehead atoms. The average Bonchev–Trinajstić information content (AvgIpc) is 2.59. The molecule has 0 heterocycles. The molecule has 0 saturated carbocycles. The molecule has 0 aliphatic heterocycles. The van der Waals surface area contributed by atoms with Crippen molar-refractivity contribution in [1.29, 1.82) is 10.5 Å². The number of carbonyl (C=O) groups excluding carboxylic acids is 2. The molecule has 1 rings (SSSR count). The van der Waals surface area contributed by atoms with E-state index in [2.05, 4.69) is 0 Å². The number of benzene rings is 1. The number of halogens is 1. The highest BCUT2D eigenvalue weighted by atomic mass is 35.5. The highest BCUT2D eigenvalue weighted by Crippen LogP contribution is 2.23. The van der Waals surface area contributed by atoms with Gasteiger partial charge in [-0.2, -0.15) is 10.5 Å². The zero-order valence-electron chi connectivity index (χ0n) is 13.0. The number of esters is 1. The van der Waals surface area contributed by atoms with Gasteiger partial charge in [-0.25, -0.2) is 4.79 Å². The van der Waals surface area contributed by atoms with Crippen molar-refractivity contribution in [1.82, 2.24) is 4.90 Å². The molecule has 0 spiro atoms. The molecule has 0 N–H and O–H groups in total. The Morgan fingerprint density at radius 1 is 1.24 bits per heavy atom. The molecule has 0 aliphatic rings. The fourth-order valence-corrected chi connectivity index (χ4v) is 2.02. The molecule has 1 aromatic rings. The number of carbonyl (C=O) groups is 2. The van der Waals surface area contributed by atoms with E-state index >= 15 is 0 Å². The maximum absolute atomic E-state index is 12.0. The Morgan fingerprint density at radius 2 is 1.84 bits per heavy atom. The van der Waals surface area contributed by atoms with Gasteiger partial charge in [-0.3, -0.25) is 14.9 Å². The van der Waals surface area contributed by atoms with E-state index in [0.717, 1.165) is 12.1 Å². The summed E-state index contributed by atoms with van der Waals surface area (Å²) in [5, 5.41) is 28.2. The van der Waals surface area contributed by atoms with Crippen molar-refractivity contribution in [2.45, 2.75) is 12.8 Å². The number of nitro benzene ring substituents is 1. The minimum atomic E-state index is -1.04. The van der Waals surface area contributed by atoms with E-state index in [4.69, 9.17) is 26.9 Å². The van der Waals surface area contributed by atoms with E-state index in [1.165, 1.54) is 11.0 Å². The number of ether oxygens (including phenoxy) is 1. The first-order valence-electron chi connectivity index (χ1n) is 7.03. The predicted molar refractivity (Wildman–Crippen MR) is 85.4 cm³/mol. The molecule has 25 heavy (non-hydrogen) atoms. The summed E-state index contributed by atoms with van der Waals surface area (Å²) in [6, 6.07) is 7.18. The molecular formula is C15H13ClN4O5. The van der Waals surface area contributed by atoms with Gasteiger partial charge in [0.15, 0.2) is 6.61 Å². The van der Waals surface area contributed by atoms with Gasteiger partial charge in [0.2, 0.25) is 0 Å². The maximum Gasteiger partial charge on any atom is 0.345 e. The van der Waals surface area contributed by atoms with Crippen LogP contribution in [0.4, 0.5) is 5.69 Å². The Kier molecular flexibility index (Phi) is 7.83. The van der Waals surface area contributed by atoms with Crippen LogP contribution in [0.2, 0.25) is 5.02 Å². The van der Waals surface area contributed by atoms with Crippen molar-refractivity contribution in [2.75, 3.05) is 19.7 Å². The number of nitriles is 2. The largest absolute Gasteiger partial charge is 0.452 e. The van der Waals surface area contributed by atoms with Crippen LogP contribution in [-0.4, -0.2) is 41.4 Å². The third-order valence-electron chi connectivity index (χ3n) is 3.04. The first-order chi connectivity index (χ1) is 11.9. The second-order valence-corrected chi connectivity index (χ2v) is 5.13. The number of rotatable bonds is 8. The zero-order valence-corrected chi connectivity index (χ0v) is 13.7. The van der Waals surface area contributed by atoms with Gasteiger partial charge in [0.05, 0.1) is 29.9 Å². The summed E-state index contributed by atoms with van der Waals surface area (Å²) in [6.07, 6.45) is 0.127. The van der Waals surface area contributed by atoms with Gasteiger partial charge in [-0.15, -0.1) is 0 Å². The third-order valence-corrected chi connectivity index (χ3v) is 3.28. The normalized spacial score (nSPS) is 9.56. The Morgan fingerprint density at radius 3 is 2.36 bits per heavy atom. The smallest absolute Gasteiger partial charge is 0.345 e. The van der Waals surface area contributed by atoms with E-state index in [-0.39, 0.29) is 36.5 Å². The Hall–Kier alpha value is -3.17. The van der Waals surface area contributed by atoms with Crippen LogP contribution in [0.5, 0.6) is 0 Å². The molecular weight excluding hydrogens is 352 g/mol. The third kappa shape index (κ3) is 6.09. The van der Waals surface area contributed by atoms with Gasteiger partial charge < -0.3 is 9.64 Å². The molecule has 0 aliphatic carbocycles. The summed E-state index contributed by atoms with van der Waals surface area (Å²) in [6.45, 7) is -0.471. The highest BCUT2D eigenvalue weighted by Gasteiger charge is 2.23. The fourth-order valence-electron chi connectivity index (χ4n) is 1.86. The van der Waals surface area contributed by atoms with Crippen molar-refractivity contribution in [2.24, 2.45) is 0 Å². The second-order valence-electron chi connectivity index (χ2n) is 4.69. The monoisotopic (exact) mass is 364 g/mol. The topological polar surface area (TPSA) is 137 Å². The minimum Gasteiger partial charge on any atom is -0.452 e.